The highest BCUT2D eigenvalue weighted by molar-refractivity contribution is 7.22. The SMILES string of the molecule is CCN(C(=O)C1CCN(C(=O)c2ccc(Cl)cc2)CC1)c1nc2cc(Cl)ccc2s1. The van der Waals surface area contributed by atoms with Crippen LogP contribution in [0.2, 0.25) is 10.0 Å². The van der Waals surface area contributed by atoms with Gasteiger partial charge < -0.3 is 4.90 Å². The number of anilines is 1. The van der Waals surface area contributed by atoms with Crippen molar-refractivity contribution in [1.82, 2.24) is 9.88 Å². The van der Waals surface area contributed by atoms with Gasteiger partial charge in [-0.2, -0.15) is 0 Å². The molecule has 4 rings (SSSR count). The van der Waals surface area contributed by atoms with Crippen molar-refractivity contribution in [2.45, 2.75) is 19.8 Å². The second-order valence-corrected chi connectivity index (χ2v) is 9.15. The van der Waals surface area contributed by atoms with Crippen LogP contribution < -0.4 is 4.90 Å². The summed E-state index contributed by atoms with van der Waals surface area (Å²) in [7, 11) is 0. The summed E-state index contributed by atoms with van der Waals surface area (Å²) in [5, 5.41) is 1.93. The molecule has 1 fully saturated rings. The first-order valence-corrected chi connectivity index (χ1v) is 11.5. The van der Waals surface area contributed by atoms with Crippen LogP contribution in [0.3, 0.4) is 0 Å². The Morgan fingerprint density at radius 2 is 1.77 bits per heavy atom. The fourth-order valence-electron chi connectivity index (χ4n) is 3.71. The van der Waals surface area contributed by atoms with Crippen LogP contribution in [-0.2, 0) is 4.79 Å². The topological polar surface area (TPSA) is 53.5 Å². The number of hydrogen-bond acceptors (Lipinski definition) is 4. The molecule has 5 nitrogen and oxygen atoms in total. The molecule has 2 amide bonds. The van der Waals surface area contributed by atoms with Crippen LogP contribution in [0.25, 0.3) is 10.2 Å². The third-order valence-electron chi connectivity index (χ3n) is 5.37. The lowest BCUT2D eigenvalue weighted by Crippen LogP contribution is -2.44. The third-order valence-corrected chi connectivity index (χ3v) is 6.92. The van der Waals surface area contributed by atoms with E-state index in [-0.39, 0.29) is 17.7 Å². The summed E-state index contributed by atoms with van der Waals surface area (Å²) in [6, 6.07) is 12.5. The van der Waals surface area contributed by atoms with E-state index >= 15 is 0 Å². The summed E-state index contributed by atoms with van der Waals surface area (Å²) in [4.78, 5) is 34.1. The molecule has 0 N–H and O–H groups in total. The second kappa shape index (κ2) is 8.92. The van der Waals surface area contributed by atoms with E-state index in [1.54, 1.807) is 29.2 Å². The largest absolute Gasteiger partial charge is 0.339 e. The molecule has 0 saturated carbocycles. The van der Waals surface area contributed by atoms with Gasteiger partial charge in [-0.3, -0.25) is 14.5 Å². The monoisotopic (exact) mass is 461 g/mol. The van der Waals surface area contributed by atoms with Crippen molar-refractivity contribution in [1.29, 1.82) is 0 Å². The molecule has 8 heteroatoms. The third kappa shape index (κ3) is 4.31. The van der Waals surface area contributed by atoms with E-state index in [2.05, 4.69) is 4.98 Å². The highest BCUT2D eigenvalue weighted by atomic mass is 35.5. The highest BCUT2D eigenvalue weighted by Gasteiger charge is 2.31. The number of fused-ring (bicyclic) bond motifs is 1. The lowest BCUT2D eigenvalue weighted by atomic mass is 9.95. The molecule has 1 aromatic heterocycles. The Morgan fingerprint density at radius 3 is 2.43 bits per heavy atom. The number of amides is 2. The van der Waals surface area contributed by atoms with E-state index < -0.39 is 0 Å². The zero-order valence-corrected chi connectivity index (χ0v) is 18.8. The number of likely N-dealkylation sites (tertiary alicyclic amines) is 1. The van der Waals surface area contributed by atoms with Crippen molar-refractivity contribution < 1.29 is 9.59 Å². The van der Waals surface area contributed by atoms with Gasteiger partial charge >= 0.3 is 0 Å². The first kappa shape index (κ1) is 21.1. The van der Waals surface area contributed by atoms with Crippen LogP contribution in [0.1, 0.15) is 30.1 Å². The molecule has 0 radical (unpaired) electrons. The normalized spacial score (nSPS) is 14.8. The van der Waals surface area contributed by atoms with Gasteiger partial charge in [-0.25, -0.2) is 4.98 Å². The molecule has 1 aliphatic rings. The fraction of sp³-hybridized carbons (Fsp3) is 0.318. The minimum atomic E-state index is -0.116. The van der Waals surface area contributed by atoms with Crippen molar-refractivity contribution in [3.8, 4) is 0 Å². The van der Waals surface area contributed by atoms with Gasteiger partial charge in [0.05, 0.1) is 10.2 Å². The van der Waals surface area contributed by atoms with Gasteiger partial charge in [-0.1, -0.05) is 34.5 Å². The summed E-state index contributed by atoms with van der Waals surface area (Å²) in [5.41, 5.74) is 1.42. The van der Waals surface area contributed by atoms with Crippen LogP contribution in [0, 0.1) is 5.92 Å². The number of piperidine rings is 1. The predicted octanol–water partition coefficient (Wildman–Crippen LogP) is 5.51. The van der Waals surface area contributed by atoms with Gasteiger partial charge in [0.25, 0.3) is 5.91 Å². The van der Waals surface area contributed by atoms with Gasteiger partial charge in [0.2, 0.25) is 5.91 Å². The number of hydrogen-bond donors (Lipinski definition) is 0. The van der Waals surface area contributed by atoms with E-state index in [1.807, 2.05) is 30.0 Å². The average Bonchev–Trinajstić information content (AvgIpc) is 3.17. The van der Waals surface area contributed by atoms with E-state index in [9.17, 15) is 9.59 Å². The number of carbonyl (C=O) groups excluding carboxylic acids is 2. The maximum Gasteiger partial charge on any atom is 0.253 e. The molecule has 0 atom stereocenters. The van der Waals surface area contributed by atoms with E-state index in [4.69, 9.17) is 23.2 Å². The molecule has 1 saturated heterocycles. The molecular weight excluding hydrogens is 441 g/mol. The molecule has 2 aromatic carbocycles. The molecule has 156 valence electrons. The smallest absolute Gasteiger partial charge is 0.253 e. The van der Waals surface area contributed by atoms with Crippen molar-refractivity contribution >= 4 is 61.7 Å². The Balaban J connectivity index is 1.43. The standard InChI is InChI=1S/C22H21Cl2N3O2S/c1-2-27(22-25-18-13-17(24)7-8-19(18)30-22)21(29)15-9-11-26(12-10-15)20(28)14-3-5-16(23)6-4-14/h3-8,13,15H,2,9-12H2,1H3. The fourth-order valence-corrected chi connectivity index (χ4v) is 5.02. The maximum atomic E-state index is 13.2. The first-order valence-electron chi connectivity index (χ1n) is 9.88. The quantitative estimate of drug-likeness (QED) is 0.514. The van der Waals surface area contributed by atoms with Gasteiger partial charge in [0, 0.05) is 41.2 Å². The van der Waals surface area contributed by atoms with Crippen LogP contribution >= 0.6 is 34.5 Å². The highest BCUT2D eigenvalue weighted by Crippen LogP contribution is 2.32. The molecular formula is C22H21Cl2N3O2S. The molecule has 1 aliphatic heterocycles. The Labute approximate surface area is 189 Å². The molecule has 2 heterocycles. The van der Waals surface area contributed by atoms with E-state index in [0.717, 1.165) is 10.2 Å². The average molecular weight is 462 g/mol. The lowest BCUT2D eigenvalue weighted by molar-refractivity contribution is -0.123. The van der Waals surface area contributed by atoms with E-state index in [0.29, 0.717) is 53.2 Å². The second-order valence-electron chi connectivity index (χ2n) is 7.26. The summed E-state index contributed by atoms with van der Waals surface area (Å²) in [6.45, 7) is 3.63. The number of thiazole rings is 1. The Morgan fingerprint density at radius 1 is 1.10 bits per heavy atom. The van der Waals surface area contributed by atoms with Gasteiger partial charge in [-0.05, 0) is 62.2 Å². The number of nitrogens with zero attached hydrogens (tertiary/aromatic N) is 3. The number of halogens is 2. The van der Waals surface area contributed by atoms with Gasteiger partial charge in [-0.15, -0.1) is 0 Å². The molecule has 0 bridgehead atoms. The molecule has 0 spiro atoms. The summed E-state index contributed by atoms with van der Waals surface area (Å²) >= 11 is 13.5. The number of rotatable bonds is 4. The number of carbonyl (C=O) groups is 2. The molecule has 0 aliphatic carbocycles. The molecule has 30 heavy (non-hydrogen) atoms. The van der Waals surface area contributed by atoms with Crippen LogP contribution in [0.4, 0.5) is 5.13 Å². The van der Waals surface area contributed by atoms with Crippen molar-refractivity contribution in [2.75, 3.05) is 24.5 Å². The van der Waals surface area contributed by atoms with Crippen LogP contribution in [-0.4, -0.2) is 41.3 Å². The van der Waals surface area contributed by atoms with Crippen LogP contribution in [0.15, 0.2) is 42.5 Å². The van der Waals surface area contributed by atoms with Crippen molar-refractivity contribution in [3.63, 3.8) is 0 Å². The van der Waals surface area contributed by atoms with Gasteiger partial charge in [0.15, 0.2) is 5.13 Å². The number of aromatic nitrogens is 1. The Hall–Kier alpha value is -2.15. The minimum absolute atomic E-state index is 0.0204. The van der Waals surface area contributed by atoms with Crippen molar-refractivity contribution in [2.24, 2.45) is 5.92 Å². The Bertz CT molecular complexity index is 1080. The zero-order valence-electron chi connectivity index (χ0n) is 16.5. The zero-order chi connectivity index (χ0) is 21.3. The number of benzene rings is 2. The predicted molar refractivity (Wildman–Crippen MR) is 123 cm³/mol. The summed E-state index contributed by atoms with van der Waals surface area (Å²) in [6.07, 6.45) is 1.29. The first-order chi connectivity index (χ1) is 14.5. The van der Waals surface area contributed by atoms with Crippen LogP contribution in [0.5, 0.6) is 0 Å². The van der Waals surface area contributed by atoms with Crippen molar-refractivity contribution in [3.05, 3.63) is 58.1 Å². The summed E-state index contributed by atoms with van der Waals surface area (Å²) in [5.74, 6) is -0.0657. The Kier molecular flexibility index (Phi) is 6.27. The maximum absolute atomic E-state index is 13.2. The van der Waals surface area contributed by atoms with Gasteiger partial charge in [0.1, 0.15) is 0 Å². The molecule has 3 aromatic rings. The summed E-state index contributed by atoms with van der Waals surface area (Å²) < 4.78 is 1.00. The minimum Gasteiger partial charge on any atom is -0.339 e. The van der Waals surface area contributed by atoms with E-state index in [1.165, 1.54) is 11.3 Å². The lowest BCUT2D eigenvalue weighted by Gasteiger charge is -2.33. The molecule has 0 unspecified atom stereocenters.